The third-order valence-electron chi connectivity index (χ3n) is 3.35. The molecule has 5 nitrogen and oxygen atoms in total. The van der Waals surface area contributed by atoms with E-state index in [1.54, 1.807) is 24.3 Å². The molecule has 0 aliphatic carbocycles. The molecule has 0 radical (unpaired) electrons. The number of ether oxygens (including phenoxy) is 2. The van der Waals surface area contributed by atoms with Crippen LogP contribution in [0.5, 0.6) is 5.75 Å². The average molecular weight is 296 g/mol. The van der Waals surface area contributed by atoms with Crippen LogP contribution in [0.25, 0.3) is 0 Å². The predicted molar refractivity (Wildman–Crippen MR) is 76.6 cm³/mol. The summed E-state index contributed by atoms with van der Waals surface area (Å²) in [6.45, 7) is 0. The minimum absolute atomic E-state index is 0.122. The lowest BCUT2D eigenvalue weighted by atomic mass is 10.1. The van der Waals surface area contributed by atoms with Gasteiger partial charge in [0.2, 0.25) is 0 Å². The molecule has 0 aromatic heterocycles. The number of cyclic esters (lactones) is 2. The molecule has 2 aliphatic rings. The van der Waals surface area contributed by atoms with Crippen LogP contribution in [0.3, 0.4) is 0 Å². The highest BCUT2D eigenvalue weighted by Gasteiger charge is 2.28. The lowest BCUT2D eigenvalue weighted by Gasteiger charge is -2.13. The van der Waals surface area contributed by atoms with Gasteiger partial charge in [0, 0.05) is 0 Å². The van der Waals surface area contributed by atoms with Gasteiger partial charge in [-0.05, 0) is 30.2 Å². The molecule has 0 bridgehead atoms. The van der Waals surface area contributed by atoms with E-state index in [1.807, 2.05) is 24.3 Å². The minimum atomic E-state index is -0.550. The quantitative estimate of drug-likeness (QED) is 0.424. The molecule has 2 aromatic carbocycles. The van der Waals surface area contributed by atoms with E-state index in [2.05, 4.69) is 4.74 Å². The first-order valence-electron chi connectivity index (χ1n) is 6.79. The molecule has 0 N–H and O–H groups in total. The monoisotopic (exact) mass is 296 g/mol. The van der Waals surface area contributed by atoms with E-state index in [9.17, 15) is 14.4 Å². The molecule has 0 spiro atoms. The van der Waals surface area contributed by atoms with E-state index in [4.69, 9.17) is 4.74 Å². The Hall–Kier alpha value is -2.95. The Morgan fingerprint density at radius 3 is 1.95 bits per heavy atom. The van der Waals surface area contributed by atoms with E-state index in [-0.39, 0.29) is 5.97 Å². The zero-order valence-corrected chi connectivity index (χ0v) is 11.6. The summed E-state index contributed by atoms with van der Waals surface area (Å²) in [5.74, 6) is -0.497. The lowest BCUT2D eigenvalue weighted by molar-refractivity contribution is -0.135. The first-order chi connectivity index (χ1) is 10.6. The number of benzene rings is 2. The molecule has 22 heavy (non-hydrogen) atoms. The maximum Gasteiger partial charge on any atom is 0.346 e. The number of carbonyl (C=O) groups is 3. The van der Waals surface area contributed by atoms with Gasteiger partial charge in [0.25, 0.3) is 0 Å². The van der Waals surface area contributed by atoms with Crippen molar-refractivity contribution in [3.05, 3.63) is 65.2 Å². The molecular formula is C17H12O5. The van der Waals surface area contributed by atoms with Crippen molar-refractivity contribution in [2.45, 2.75) is 12.8 Å². The van der Waals surface area contributed by atoms with Gasteiger partial charge in [-0.3, -0.25) is 4.79 Å². The van der Waals surface area contributed by atoms with E-state index >= 15 is 0 Å². The summed E-state index contributed by atoms with van der Waals surface area (Å²) in [5.41, 5.74) is 1.85. The van der Waals surface area contributed by atoms with Gasteiger partial charge in [0.15, 0.2) is 0 Å². The SMILES string of the molecule is O=C1CCc2ccccc2O1.O=C1OC(=O)c2ccccc21. The van der Waals surface area contributed by atoms with Gasteiger partial charge < -0.3 is 9.47 Å². The average Bonchev–Trinajstić information content (AvgIpc) is 2.83. The number of hydrogen-bond donors (Lipinski definition) is 0. The molecule has 0 saturated carbocycles. The normalized spacial score (nSPS) is 15.0. The molecule has 2 heterocycles. The molecular weight excluding hydrogens is 284 g/mol. The summed E-state index contributed by atoms with van der Waals surface area (Å²) in [6.07, 6.45) is 1.33. The van der Waals surface area contributed by atoms with Crippen LogP contribution in [-0.4, -0.2) is 17.9 Å². The van der Waals surface area contributed by atoms with Gasteiger partial charge in [0.05, 0.1) is 17.5 Å². The Morgan fingerprint density at radius 1 is 0.682 bits per heavy atom. The highest BCUT2D eigenvalue weighted by Crippen LogP contribution is 2.23. The second-order valence-electron chi connectivity index (χ2n) is 4.80. The second kappa shape index (κ2) is 5.81. The van der Waals surface area contributed by atoms with Crippen LogP contribution in [0.1, 0.15) is 32.7 Å². The molecule has 0 saturated heterocycles. The van der Waals surface area contributed by atoms with Crippen LogP contribution in [-0.2, 0) is 16.0 Å². The molecule has 0 atom stereocenters. The van der Waals surface area contributed by atoms with Crippen molar-refractivity contribution in [3.63, 3.8) is 0 Å². The number of para-hydroxylation sites is 1. The van der Waals surface area contributed by atoms with E-state index in [0.29, 0.717) is 17.5 Å². The Balaban J connectivity index is 0.000000131. The van der Waals surface area contributed by atoms with Crippen molar-refractivity contribution in [1.29, 1.82) is 0 Å². The standard InChI is InChI=1S/C9H8O2.C8H4O3/c10-9-6-5-7-3-1-2-4-8(7)11-9;9-7-5-3-1-2-4-6(5)8(10)11-7/h1-4H,5-6H2;1-4H. The highest BCUT2D eigenvalue weighted by atomic mass is 16.6. The van der Waals surface area contributed by atoms with Crippen molar-refractivity contribution in [3.8, 4) is 5.75 Å². The Morgan fingerprint density at radius 2 is 1.27 bits per heavy atom. The fourth-order valence-electron chi connectivity index (χ4n) is 2.25. The van der Waals surface area contributed by atoms with Crippen molar-refractivity contribution in [2.75, 3.05) is 0 Å². The summed E-state index contributed by atoms with van der Waals surface area (Å²) < 4.78 is 9.35. The Labute approximate surface area is 126 Å². The van der Waals surface area contributed by atoms with Crippen molar-refractivity contribution in [1.82, 2.24) is 0 Å². The van der Waals surface area contributed by atoms with Gasteiger partial charge in [-0.1, -0.05) is 30.3 Å². The van der Waals surface area contributed by atoms with Gasteiger partial charge >= 0.3 is 17.9 Å². The maximum absolute atomic E-state index is 10.8. The fourth-order valence-corrected chi connectivity index (χ4v) is 2.25. The number of rotatable bonds is 0. The molecule has 2 aliphatic heterocycles. The van der Waals surface area contributed by atoms with Crippen LogP contribution in [0.4, 0.5) is 0 Å². The number of fused-ring (bicyclic) bond motifs is 2. The van der Waals surface area contributed by atoms with Gasteiger partial charge in [0.1, 0.15) is 5.75 Å². The van der Waals surface area contributed by atoms with Crippen molar-refractivity contribution in [2.24, 2.45) is 0 Å². The first kappa shape index (κ1) is 14.0. The summed E-state index contributed by atoms with van der Waals surface area (Å²) in [5, 5.41) is 0. The third-order valence-corrected chi connectivity index (χ3v) is 3.35. The van der Waals surface area contributed by atoms with E-state index in [1.165, 1.54) is 0 Å². The predicted octanol–water partition coefficient (Wildman–Crippen LogP) is 2.54. The number of aryl methyl sites for hydroxylation is 1. The Bertz CT molecular complexity index is 730. The molecule has 5 heteroatoms. The molecule has 110 valence electrons. The number of carbonyl (C=O) groups excluding carboxylic acids is 3. The van der Waals surface area contributed by atoms with Crippen LogP contribution in [0.15, 0.2) is 48.5 Å². The lowest BCUT2D eigenvalue weighted by Crippen LogP contribution is -2.15. The minimum Gasteiger partial charge on any atom is -0.426 e. The van der Waals surface area contributed by atoms with Crippen LogP contribution in [0, 0.1) is 0 Å². The van der Waals surface area contributed by atoms with Crippen LogP contribution in [0.2, 0.25) is 0 Å². The molecule has 0 fully saturated rings. The smallest absolute Gasteiger partial charge is 0.346 e. The zero-order valence-electron chi connectivity index (χ0n) is 11.6. The van der Waals surface area contributed by atoms with Gasteiger partial charge in [-0.15, -0.1) is 0 Å². The molecule has 0 amide bonds. The molecule has 2 aromatic rings. The zero-order chi connectivity index (χ0) is 15.5. The summed E-state index contributed by atoms with van der Waals surface area (Å²) in [6, 6.07) is 14.2. The first-order valence-corrected chi connectivity index (χ1v) is 6.79. The number of esters is 3. The maximum atomic E-state index is 10.8. The molecule has 0 unspecified atom stereocenters. The largest absolute Gasteiger partial charge is 0.426 e. The second-order valence-corrected chi connectivity index (χ2v) is 4.80. The Kier molecular flexibility index (Phi) is 3.70. The topological polar surface area (TPSA) is 69.7 Å². The summed E-state index contributed by atoms with van der Waals surface area (Å²) in [4.78, 5) is 32.5. The highest BCUT2D eigenvalue weighted by molar-refractivity contribution is 6.14. The van der Waals surface area contributed by atoms with Gasteiger partial charge in [-0.2, -0.15) is 0 Å². The number of hydrogen-bond acceptors (Lipinski definition) is 5. The summed E-state index contributed by atoms with van der Waals surface area (Å²) in [7, 11) is 0. The fraction of sp³-hybridized carbons (Fsp3) is 0.118. The molecule has 4 rings (SSSR count). The van der Waals surface area contributed by atoms with E-state index < -0.39 is 11.9 Å². The van der Waals surface area contributed by atoms with Gasteiger partial charge in [-0.25, -0.2) is 9.59 Å². The third kappa shape index (κ3) is 2.74. The van der Waals surface area contributed by atoms with Crippen LogP contribution >= 0.6 is 0 Å². The van der Waals surface area contributed by atoms with Crippen LogP contribution < -0.4 is 4.74 Å². The summed E-state index contributed by atoms with van der Waals surface area (Å²) >= 11 is 0. The van der Waals surface area contributed by atoms with Crippen molar-refractivity contribution >= 4 is 17.9 Å². The van der Waals surface area contributed by atoms with Crippen molar-refractivity contribution < 1.29 is 23.9 Å². The van der Waals surface area contributed by atoms with E-state index in [0.717, 1.165) is 17.7 Å².